The number of anilines is 1. The molecule has 0 radical (unpaired) electrons. The fourth-order valence-corrected chi connectivity index (χ4v) is 3.68. The van der Waals surface area contributed by atoms with E-state index in [1.54, 1.807) is 12.1 Å². The van der Waals surface area contributed by atoms with Crippen molar-refractivity contribution in [2.45, 2.75) is 25.8 Å². The van der Waals surface area contributed by atoms with Crippen molar-refractivity contribution in [2.24, 2.45) is 0 Å². The van der Waals surface area contributed by atoms with Crippen molar-refractivity contribution >= 4 is 11.6 Å². The van der Waals surface area contributed by atoms with Gasteiger partial charge in [0.05, 0.1) is 19.8 Å². The number of carbonyl (C=O) groups is 1. The number of benzene rings is 2. The average molecular weight is 370 g/mol. The first-order chi connectivity index (χ1) is 13.1. The van der Waals surface area contributed by atoms with Crippen LogP contribution in [0.3, 0.4) is 0 Å². The second kappa shape index (κ2) is 7.56. The van der Waals surface area contributed by atoms with E-state index in [0.717, 1.165) is 30.5 Å². The number of nitrogens with one attached hydrogen (secondary N) is 1. The predicted molar refractivity (Wildman–Crippen MR) is 101 cm³/mol. The quantitative estimate of drug-likeness (QED) is 0.898. The number of amides is 1. The van der Waals surface area contributed by atoms with E-state index < -0.39 is 0 Å². The van der Waals surface area contributed by atoms with Gasteiger partial charge in [0.25, 0.3) is 0 Å². The zero-order valence-electron chi connectivity index (χ0n) is 15.3. The molecule has 27 heavy (non-hydrogen) atoms. The van der Waals surface area contributed by atoms with Gasteiger partial charge in [-0.3, -0.25) is 9.69 Å². The second-order valence-corrected chi connectivity index (χ2v) is 7.00. The molecule has 2 aliphatic rings. The topological polar surface area (TPSA) is 50.8 Å². The van der Waals surface area contributed by atoms with Crippen molar-refractivity contribution in [3.05, 3.63) is 53.3 Å². The van der Waals surface area contributed by atoms with Crippen molar-refractivity contribution in [1.29, 1.82) is 0 Å². The lowest BCUT2D eigenvalue weighted by molar-refractivity contribution is -0.117. The van der Waals surface area contributed by atoms with Gasteiger partial charge in [-0.2, -0.15) is 0 Å². The van der Waals surface area contributed by atoms with E-state index in [0.29, 0.717) is 30.4 Å². The summed E-state index contributed by atoms with van der Waals surface area (Å²) in [4.78, 5) is 14.6. The molecule has 0 saturated heterocycles. The molecule has 2 heterocycles. The second-order valence-electron chi connectivity index (χ2n) is 7.00. The Bertz CT molecular complexity index is 855. The molecule has 0 spiro atoms. The van der Waals surface area contributed by atoms with Crippen LogP contribution in [0, 0.1) is 5.82 Å². The van der Waals surface area contributed by atoms with Gasteiger partial charge < -0.3 is 14.8 Å². The number of rotatable bonds is 3. The van der Waals surface area contributed by atoms with E-state index in [1.165, 1.54) is 6.07 Å². The summed E-state index contributed by atoms with van der Waals surface area (Å²) in [5, 5.41) is 2.93. The van der Waals surface area contributed by atoms with Crippen LogP contribution in [0.5, 0.6) is 11.5 Å². The van der Waals surface area contributed by atoms with Crippen molar-refractivity contribution in [2.75, 3.05) is 31.6 Å². The number of fused-ring (bicyclic) bond motifs is 2. The lowest BCUT2D eigenvalue weighted by Crippen LogP contribution is -2.39. The summed E-state index contributed by atoms with van der Waals surface area (Å²) in [6.07, 6.45) is 1.66. The molecule has 142 valence electrons. The Balaban J connectivity index is 1.42. The van der Waals surface area contributed by atoms with Gasteiger partial charge in [0.15, 0.2) is 11.5 Å². The maximum Gasteiger partial charge on any atom is 0.238 e. The van der Waals surface area contributed by atoms with E-state index in [-0.39, 0.29) is 24.3 Å². The molecule has 1 atom stereocenters. The molecule has 0 aliphatic carbocycles. The highest BCUT2D eigenvalue weighted by Gasteiger charge is 2.26. The smallest absolute Gasteiger partial charge is 0.238 e. The summed E-state index contributed by atoms with van der Waals surface area (Å²) in [5.41, 5.74) is 2.80. The third-order valence-electron chi connectivity index (χ3n) is 5.15. The monoisotopic (exact) mass is 370 g/mol. The molecule has 0 bridgehead atoms. The van der Waals surface area contributed by atoms with E-state index in [4.69, 9.17) is 9.47 Å². The van der Waals surface area contributed by atoms with Crippen LogP contribution in [-0.2, 0) is 11.2 Å². The average Bonchev–Trinajstić information content (AvgIpc) is 2.89. The van der Waals surface area contributed by atoms with E-state index in [2.05, 4.69) is 10.2 Å². The molecule has 2 aromatic carbocycles. The summed E-state index contributed by atoms with van der Waals surface area (Å²) in [5.74, 6) is 1.02. The lowest BCUT2D eigenvalue weighted by Gasteiger charge is -2.34. The van der Waals surface area contributed by atoms with Crippen LogP contribution in [0.1, 0.15) is 30.5 Å². The Kier molecular flexibility index (Phi) is 4.99. The highest BCUT2D eigenvalue weighted by molar-refractivity contribution is 5.92. The van der Waals surface area contributed by atoms with E-state index in [1.807, 2.05) is 25.1 Å². The summed E-state index contributed by atoms with van der Waals surface area (Å²) in [6.45, 7) is 4.28. The Hall–Kier alpha value is -2.60. The zero-order chi connectivity index (χ0) is 18.8. The Labute approximate surface area is 158 Å². The number of carbonyl (C=O) groups excluding carboxylic acids is 1. The van der Waals surface area contributed by atoms with Crippen LogP contribution in [0.2, 0.25) is 0 Å². The van der Waals surface area contributed by atoms with Crippen molar-refractivity contribution in [1.82, 2.24) is 4.90 Å². The standard InChI is InChI=1S/C21H23FN2O3/c1-14-18-11-16(22)4-3-15(18)7-8-24(14)13-21(25)23-17-5-6-19-20(12-17)27-10-2-9-26-19/h3-6,11-12,14H,2,7-10,13H2,1H3,(H,23,25). The first-order valence-electron chi connectivity index (χ1n) is 9.32. The molecule has 6 heteroatoms. The van der Waals surface area contributed by atoms with Gasteiger partial charge in [-0.1, -0.05) is 6.07 Å². The van der Waals surface area contributed by atoms with Gasteiger partial charge in [0.2, 0.25) is 5.91 Å². The molecule has 1 amide bonds. The van der Waals surface area contributed by atoms with Gasteiger partial charge in [-0.25, -0.2) is 4.39 Å². The maximum absolute atomic E-state index is 13.6. The molecule has 0 aromatic heterocycles. The highest BCUT2D eigenvalue weighted by Crippen LogP contribution is 2.33. The summed E-state index contributed by atoms with van der Waals surface area (Å²) < 4.78 is 24.9. The number of ether oxygens (including phenoxy) is 2. The SMILES string of the molecule is CC1c2cc(F)ccc2CCN1CC(=O)Nc1ccc2c(c1)OCCCO2. The van der Waals surface area contributed by atoms with Gasteiger partial charge in [-0.05, 0) is 48.7 Å². The number of halogens is 1. The Morgan fingerprint density at radius 3 is 2.85 bits per heavy atom. The molecule has 1 N–H and O–H groups in total. The fourth-order valence-electron chi connectivity index (χ4n) is 3.68. The molecule has 2 aromatic rings. The molecule has 0 saturated carbocycles. The largest absolute Gasteiger partial charge is 0.490 e. The van der Waals surface area contributed by atoms with Crippen molar-refractivity contribution in [3.8, 4) is 11.5 Å². The van der Waals surface area contributed by atoms with Crippen LogP contribution in [-0.4, -0.2) is 37.1 Å². The number of hydrogen-bond acceptors (Lipinski definition) is 4. The molecule has 0 fully saturated rings. The first-order valence-corrected chi connectivity index (χ1v) is 9.32. The molecule has 1 unspecified atom stereocenters. The van der Waals surface area contributed by atoms with Crippen LogP contribution in [0.15, 0.2) is 36.4 Å². The molecular formula is C21H23FN2O3. The van der Waals surface area contributed by atoms with Crippen molar-refractivity contribution < 1.29 is 18.7 Å². The van der Waals surface area contributed by atoms with Gasteiger partial charge in [0.1, 0.15) is 5.82 Å². The number of hydrogen-bond donors (Lipinski definition) is 1. The third kappa shape index (κ3) is 3.90. The minimum Gasteiger partial charge on any atom is -0.490 e. The Morgan fingerprint density at radius 1 is 1.19 bits per heavy atom. The highest BCUT2D eigenvalue weighted by atomic mass is 19.1. The minimum absolute atomic E-state index is 0.000946. The maximum atomic E-state index is 13.6. The summed E-state index contributed by atoms with van der Waals surface area (Å²) in [7, 11) is 0. The van der Waals surface area contributed by atoms with Gasteiger partial charge >= 0.3 is 0 Å². The minimum atomic E-state index is -0.237. The van der Waals surface area contributed by atoms with Crippen molar-refractivity contribution in [3.63, 3.8) is 0 Å². The lowest BCUT2D eigenvalue weighted by atomic mass is 9.93. The molecule has 4 rings (SSSR count). The zero-order valence-corrected chi connectivity index (χ0v) is 15.3. The predicted octanol–water partition coefficient (Wildman–Crippen LogP) is 3.54. The summed E-state index contributed by atoms with van der Waals surface area (Å²) in [6, 6.07) is 10.3. The van der Waals surface area contributed by atoms with E-state index in [9.17, 15) is 9.18 Å². The summed E-state index contributed by atoms with van der Waals surface area (Å²) >= 11 is 0. The molecule has 2 aliphatic heterocycles. The normalized spacial score (nSPS) is 19.1. The number of nitrogens with zero attached hydrogens (tertiary/aromatic N) is 1. The first kappa shape index (κ1) is 17.8. The van der Waals surface area contributed by atoms with E-state index >= 15 is 0 Å². The van der Waals surface area contributed by atoms with Gasteiger partial charge in [0, 0.05) is 30.8 Å². The van der Waals surface area contributed by atoms with Crippen LogP contribution in [0.25, 0.3) is 0 Å². The van der Waals surface area contributed by atoms with Crippen LogP contribution in [0.4, 0.5) is 10.1 Å². The molecule has 5 nitrogen and oxygen atoms in total. The Morgan fingerprint density at radius 2 is 2.00 bits per heavy atom. The van der Waals surface area contributed by atoms with Crippen LogP contribution >= 0.6 is 0 Å². The fraction of sp³-hybridized carbons (Fsp3) is 0.381. The third-order valence-corrected chi connectivity index (χ3v) is 5.15. The van der Waals surface area contributed by atoms with Gasteiger partial charge in [-0.15, -0.1) is 0 Å². The van der Waals surface area contributed by atoms with Crippen LogP contribution < -0.4 is 14.8 Å². The molecular weight excluding hydrogens is 347 g/mol.